The van der Waals surface area contributed by atoms with Crippen LogP contribution in [0.25, 0.3) is 0 Å². The molecule has 0 bridgehead atoms. The Morgan fingerprint density at radius 3 is 2.65 bits per heavy atom. The van der Waals surface area contributed by atoms with E-state index in [4.69, 9.17) is 0 Å². The van der Waals surface area contributed by atoms with Crippen molar-refractivity contribution in [3.05, 3.63) is 34.9 Å². The van der Waals surface area contributed by atoms with Gasteiger partial charge < -0.3 is 10.2 Å². The maximum absolute atomic E-state index is 12.5. The number of piperazine rings is 1. The van der Waals surface area contributed by atoms with Gasteiger partial charge in [-0.15, -0.1) is 0 Å². The summed E-state index contributed by atoms with van der Waals surface area (Å²) in [6, 6.07) is 6.19. The van der Waals surface area contributed by atoms with Crippen molar-refractivity contribution in [2.75, 3.05) is 6.54 Å². The number of nitrogens with one attached hydrogen (secondary N) is 1. The van der Waals surface area contributed by atoms with Crippen LogP contribution in [-0.4, -0.2) is 28.8 Å². The van der Waals surface area contributed by atoms with Gasteiger partial charge in [-0.1, -0.05) is 30.7 Å². The fraction of sp³-hybridized carbons (Fsp3) is 0.500. The Morgan fingerprint density at radius 2 is 2.00 bits per heavy atom. The third-order valence-corrected chi connectivity index (χ3v) is 4.08. The second-order valence-corrected chi connectivity index (χ2v) is 5.82. The molecule has 4 heteroatoms. The third-order valence-electron chi connectivity index (χ3n) is 4.08. The molecule has 0 aromatic heterocycles. The van der Waals surface area contributed by atoms with Crippen molar-refractivity contribution in [3.8, 4) is 0 Å². The van der Waals surface area contributed by atoms with Crippen LogP contribution < -0.4 is 5.32 Å². The first-order valence-corrected chi connectivity index (χ1v) is 7.02. The third kappa shape index (κ3) is 2.69. The van der Waals surface area contributed by atoms with Crippen molar-refractivity contribution >= 4 is 11.8 Å². The summed E-state index contributed by atoms with van der Waals surface area (Å²) >= 11 is 0. The molecule has 0 spiro atoms. The lowest BCUT2D eigenvalue weighted by Crippen LogP contribution is -2.64. The van der Waals surface area contributed by atoms with Crippen LogP contribution in [0.5, 0.6) is 0 Å². The fourth-order valence-electron chi connectivity index (χ4n) is 2.54. The quantitative estimate of drug-likeness (QED) is 0.915. The minimum atomic E-state index is -0.771. The van der Waals surface area contributed by atoms with Gasteiger partial charge in [-0.2, -0.15) is 0 Å². The van der Waals surface area contributed by atoms with Gasteiger partial charge in [0.15, 0.2) is 0 Å². The smallest absolute Gasteiger partial charge is 0.248 e. The highest BCUT2D eigenvalue weighted by molar-refractivity contribution is 5.97. The number of carbonyl (C=O) groups is 2. The molecule has 2 amide bonds. The number of carbonyl (C=O) groups excluding carboxylic acids is 2. The predicted molar refractivity (Wildman–Crippen MR) is 78.2 cm³/mol. The molecule has 1 N–H and O–H groups in total. The molecule has 0 radical (unpaired) electrons. The van der Waals surface area contributed by atoms with E-state index >= 15 is 0 Å². The number of hydrogen-bond acceptors (Lipinski definition) is 2. The van der Waals surface area contributed by atoms with Gasteiger partial charge in [0.1, 0.15) is 5.54 Å². The Hall–Kier alpha value is -1.84. The zero-order valence-corrected chi connectivity index (χ0v) is 12.6. The van der Waals surface area contributed by atoms with Gasteiger partial charge in [-0.3, -0.25) is 9.59 Å². The van der Waals surface area contributed by atoms with Crippen LogP contribution in [0.4, 0.5) is 0 Å². The largest absolute Gasteiger partial charge is 0.340 e. The van der Waals surface area contributed by atoms with Crippen LogP contribution in [0.3, 0.4) is 0 Å². The van der Waals surface area contributed by atoms with E-state index in [1.807, 2.05) is 20.8 Å². The first-order valence-electron chi connectivity index (χ1n) is 7.02. The van der Waals surface area contributed by atoms with Gasteiger partial charge in [0.2, 0.25) is 11.8 Å². The summed E-state index contributed by atoms with van der Waals surface area (Å²) in [7, 11) is 0. The highest BCUT2D eigenvalue weighted by Gasteiger charge is 2.41. The Bertz CT molecular complexity index is 553. The number of amides is 2. The van der Waals surface area contributed by atoms with E-state index in [9.17, 15) is 9.59 Å². The van der Waals surface area contributed by atoms with E-state index in [1.54, 1.807) is 11.8 Å². The molecule has 1 aliphatic heterocycles. The van der Waals surface area contributed by atoms with Crippen LogP contribution in [-0.2, 0) is 16.1 Å². The molecule has 0 saturated carbocycles. The molecule has 0 aliphatic carbocycles. The lowest BCUT2D eigenvalue weighted by molar-refractivity contribution is -0.149. The highest BCUT2D eigenvalue weighted by Crippen LogP contribution is 2.21. The van der Waals surface area contributed by atoms with Crippen LogP contribution in [0, 0.1) is 13.8 Å². The van der Waals surface area contributed by atoms with Crippen molar-refractivity contribution in [1.82, 2.24) is 10.2 Å². The van der Waals surface area contributed by atoms with Crippen molar-refractivity contribution in [2.45, 2.75) is 46.2 Å². The van der Waals surface area contributed by atoms with Crippen LogP contribution in [0.1, 0.15) is 37.0 Å². The maximum Gasteiger partial charge on any atom is 0.248 e. The second-order valence-electron chi connectivity index (χ2n) is 5.82. The molecule has 1 heterocycles. The predicted octanol–water partition coefficient (Wildman–Crippen LogP) is 1.93. The van der Waals surface area contributed by atoms with E-state index in [0.717, 1.165) is 16.7 Å². The Morgan fingerprint density at radius 1 is 1.30 bits per heavy atom. The van der Waals surface area contributed by atoms with Crippen LogP contribution >= 0.6 is 0 Å². The van der Waals surface area contributed by atoms with E-state index in [2.05, 4.69) is 23.5 Å². The van der Waals surface area contributed by atoms with Gasteiger partial charge in [-0.25, -0.2) is 0 Å². The highest BCUT2D eigenvalue weighted by atomic mass is 16.2. The average molecular weight is 274 g/mol. The molecule has 1 aromatic carbocycles. The molecule has 4 nitrogen and oxygen atoms in total. The van der Waals surface area contributed by atoms with Gasteiger partial charge in [0.05, 0.1) is 6.54 Å². The zero-order chi connectivity index (χ0) is 14.9. The molecule has 20 heavy (non-hydrogen) atoms. The van der Waals surface area contributed by atoms with Gasteiger partial charge in [-0.05, 0) is 38.3 Å². The summed E-state index contributed by atoms with van der Waals surface area (Å²) in [4.78, 5) is 26.0. The zero-order valence-electron chi connectivity index (χ0n) is 12.6. The Labute approximate surface area is 120 Å². The standard InChI is InChI=1S/C16H22N2O2/c1-5-16(4)15(20)18(10-14(19)17-16)9-13-8-11(2)6-7-12(13)3/h6-8H,5,9-10H2,1-4H3,(H,17,19). The number of aryl methyl sites for hydroxylation is 2. The van der Waals surface area contributed by atoms with Gasteiger partial charge in [0, 0.05) is 6.54 Å². The lowest BCUT2D eigenvalue weighted by Gasteiger charge is -2.39. The fourth-order valence-corrected chi connectivity index (χ4v) is 2.54. The van der Waals surface area contributed by atoms with Gasteiger partial charge >= 0.3 is 0 Å². The number of nitrogens with zero attached hydrogens (tertiary/aromatic N) is 1. The van der Waals surface area contributed by atoms with E-state index in [-0.39, 0.29) is 18.4 Å². The lowest BCUT2D eigenvalue weighted by atomic mass is 9.93. The summed E-state index contributed by atoms with van der Waals surface area (Å²) < 4.78 is 0. The van der Waals surface area contributed by atoms with Crippen molar-refractivity contribution in [3.63, 3.8) is 0 Å². The van der Waals surface area contributed by atoms with Crippen molar-refractivity contribution in [1.29, 1.82) is 0 Å². The molecule has 108 valence electrons. The summed E-state index contributed by atoms with van der Waals surface area (Å²) in [5.74, 6) is -0.0836. The van der Waals surface area contributed by atoms with E-state index in [0.29, 0.717) is 13.0 Å². The second kappa shape index (κ2) is 5.27. The van der Waals surface area contributed by atoms with Crippen LogP contribution in [0.15, 0.2) is 18.2 Å². The SMILES string of the molecule is CCC1(C)NC(=O)CN(Cc2cc(C)ccc2C)C1=O. The van der Waals surface area contributed by atoms with Crippen LogP contribution in [0.2, 0.25) is 0 Å². The van der Waals surface area contributed by atoms with E-state index < -0.39 is 5.54 Å². The number of benzene rings is 1. The Balaban J connectivity index is 2.26. The molecule has 1 atom stereocenters. The molecule has 1 fully saturated rings. The Kier molecular flexibility index (Phi) is 3.84. The molecular formula is C16H22N2O2. The monoisotopic (exact) mass is 274 g/mol. The maximum atomic E-state index is 12.5. The molecule has 1 saturated heterocycles. The molecule has 1 aromatic rings. The summed E-state index contributed by atoms with van der Waals surface area (Å²) in [6.07, 6.45) is 0.598. The summed E-state index contributed by atoms with van der Waals surface area (Å²) in [5, 5.41) is 2.80. The first-order chi connectivity index (χ1) is 9.35. The number of rotatable bonds is 3. The topological polar surface area (TPSA) is 49.4 Å². The molecule has 2 rings (SSSR count). The summed E-state index contributed by atoms with van der Waals surface area (Å²) in [5.41, 5.74) is 2.64. The van der Waals surface area contributed by atoms with Crippen molar-refractivity contribution < 1.29 is 9.59 Å². The average Bonchev–Trinajstić information content (AvgIpc) is 2.39. The molecule has 1 aliphatic rings. The minimum absolute atomic E-state index is 0.000469. The molecular weight excluding hydrogens is 252 g/mol. The van der Waals surface area contributed by atoms with Gasteiger partial charge in [0.25, 0.3) is 0 Å². The minimum Gasteiger partial charge on any atom is -0.340 e. The normalized spacial score (nSPS) is 22.9. The number of hydrogen-bond donors (Lipinski definition) is 1. The molecule has 1 unspecified atom stereocenters. The van der Waals surface area contributed by atoms with Crippen molar-refractivity contribution in [2.24, 2.45) is 0 Å². The first kappa shape index (κ1) is 14.6. The summed E-state index contributed by atoms with van der Waals surface area (Å²) in [6.45, 7) is 8.41. The van der Waals surface area contributed by atoms with E-state index in [1.165, 1.54) is 0 Å².